The standard InChI is InChI=1S/C15H12Cl2N2O4/c1-9-5-10(16)6-13(17)15(9)23-8-14(20)18-11-3-2-4-12(7-11)19(21)22/h2-7H,8H2,1H3,(H,18,20). The van der Waals surface area contributed by atoms with Crippen molar-refractivity contribution >= 4 is 40.5 Å². The number of hydrogen-bond acceptors (Lipinski definition) is 4. The van der Waals surface area contributed by atoms with Crippen LogP contribution >= 0.6 is 23.2 Å². The van der Waals surface area contributed by atoms with Gasteiger partial charge in [-0.25, -0.2) is 0 Å². The van der Waals surface area contributed by atoms with Crippen molar-refractivity contribution in [3.63, 3.8) is 0 Å². The lowest BCUT2D eigenvalue weighted by Crippen LogP contribution is -2.20. The van der Waals surface area contributed by atoms with E-state index in [0.717, 1.165) is 0 Å². The summed E-state index contributed by atoms with van der Waals surface area (Å²) >= 11 is 11.9. The Labute approximate surface area is 142 Å². The predicted molar refractivity (Wildman–Crippen MR) is 88.4 cm³/mol. The lowest BCUT2D eigenvalue weighted by molar-refractivity contribution is -0.384. The number of nitrogens with one attached hydrogen (secondary N) is 1. The van der Waals surface area contributed by atoms with Gasteiger partial charge >= 0.3 is 0 Å². The average molecular weight is 355 g/mol. The van der Waals surface area contributed by atoms with Crippen molar-refractivity contribution in [3.8, 4) is 5.75 Å². The summed E-state index contributed by atoms with van der Waals surface area (Å²) < 4.78 is 5.40. The van der Waals surface area contributed by atoms with Gasteiger partial charge in [0, 0.05) is 22.8 Å². The van der Waals surface area contributed by atoms with Gasteiger partial charge in [-0.1, -0.05) is 29.3 Å². The van der Waals surface area contributed by atoms with Crippen molar-refractivity contribution in [2.75, 3.05) is 11.9 Å². The van der Waals surface area contributed by atoms with Gasteiger partial charge in [0.25, 0.3) is 11.6 Å². The molecule has 1 N–H and O–H groups in total. The normalized spacial score (nSPS) is 10.2. The number of nitrogens with zero attached hydrogens (tertiary/aromatic N) is 1. The zero-order chi connectivity index (χ0) is 17.0. The Hall–Kier alpha value is -2.31. The van der Waals surface area contributed by atoms with E-state index in [1.54, 1.807) is 19.1 Å². The molecule has 0 spiro atoms. The fourth-order valence-electron chi connectivity index (χ4n) is 1.90. The lowest BCUT2D eigenvalue weighted by atomic mass is 10.2. The molecule has 2 aromatic carbocycles. The number of hydrogen-bond donors (Lipinski definition) is 1. The van der Waals surface area contributed by atoms with Gasteiger partial charge in [-0.2, -0.15) is 0 Å². The van der Waals surface area contributed by atoms with Crippen molar-refractivity contribution in [1.29, 1.82) is 0 Å². The summed E-state index contributed by atoms with van der Waals surface area (Å²) in [6.45, 7) is 1.47. The zero-order valence-electron chi connectivity index (χ0n) is 12.0. The Morgan fingerprint density at radius 3 is 2.70 bits per heavy atom. The monoisotopic (exact) mass is 354 g/mol. The van der Waals surface area contributed by atoms with Crippen LogP contribution in [0.25, 0.3) is 0 Å². The first-order chi connectivity index (χ1) is 10.9. The molecular weight excluding hydrogens is 343 g/mol. The van der Waals surface area contributed by atoms with Crippen molar-refractivity contribution in [2.24, 2.45) is 0 Å². The minimum Gasteiger partial charge on any atom is -0.482 e. The van der Waals surface area contributed by atoms with Gasteiger partial charge in [0.2, 0.25) is 0 Å². The first kappa shape index (κ1) is 17.1. The smallest absolute Gasteiger partial charge is 0.271 e. The molecule has 23 heavy (non-hydrogen) atoms. The fraction of sp³-hybridized carbons (Fsp3) is 0.133. The van der Waals surface area contributed by atoms with Gasteiger partial charge in [0.1, 0.15) is 5.75 Å². The molecule has 0 aliphatic heterocycles. The van der Waals surface area contributed by atoms with E-state index in [9.17, 15) is 14.9 Å². The lowest BCUT2D eigenvalue weighted by Gasteiger charge is -2.11. The first-order valence-electron chi connectivity index (χ1n) is 6.49. The predicted octanol–water partition coefficient (Wildman–Crippen LogP) is 4.23. The molecule has 0 unspecified atom stereocenters. The number of benzene rings is 2. The average Bonchev–Trinajstić information content (AvgIpc) is 2.46. The van der Waals surface area contributed by atoms with Crippen LogP contribution in [0.4, 0.5) is 11.4 Å². The molecule has 120 valence electrons. The van der Waals surface area contributed by atoms with Gasteiger partial charge in [-0.05, 0) is 30.7 Å². The van der Waals surface area contributed by atoms with Crippen LogP contribution in [0, 0.1) is 17.0 Å². The third-order valence-corrected chi connectivity index (χ3v) is 3.38. The number of non-ortho nitro benzene ring substituents is 1. The summed E-state index contributed by atoms with van der Waals surface area (Å²) in [5.41, 5.74) is 0.901. The fourth-order valence-corrected chi connectivity index (χ4v) is 2.55. The van der Waals surface area contributed by atoms with Crippen LogP contribution in [0.2, 0.25) is 10.0 Å². The number of amides is 1. The highest BCUT2D eigenvalue weighted by Crippen LogP contribution is 2.31. The number of nitro benzene ring substituents is 1. The largest absolute Gasteiger partial charge is 0.482 e. The molecule has 1 amide bonds. The molecule has 2 rings (SSSR count). The molecule has 0 atom stereocenters. The van der Waals surface area contributed by atoms with Gasteiger partial charge in [-0.3, -0.25) is 14.9 Å². The van der Waals surface area contributed by atoms with Crippen molar-refractivity contribution in [2.45, 2.75) is 6.92 Å². The summed E-state index contributed by atoms with van der Waals surface area (Å²) in [7, 11) is 0. The Kier molecular flexibility index (Phi) is 5.41. The first-order valence-corrected chi connectivity index (χ1v) is 7.25. The topological polar surface area (TPSA) is 81.5 Å². The minimum atomic E-state index is -0.539. The molecule has 0 heterocycles. The number of aryl methyl sites for hydroxylation is 1. The van der Waals surface area contributed by atoms with Crippen LogP contribution in [0.15, 0.2) is 36.4 Å². The molecular formula is C15H12Cl2N2O4. The number of rotatable bonds is 5. The maximum Gasteiger partial charge on any atom is 0.271 e. The molecule has 0 saturated carbocycles. The van der Waals surface area contributed by atoms with Crippen LogP contribution in [0.5, 0.6) is 5.75 Å². The quantitative estimate of drug-likeness (QED) is 0.643. The summed E-state index contributed by atoms with van der Waals surface area (Å²) in [6.07, 6.45) is 0. The second kappa shape index (κ2) is 7.30. The number of carbonyl (C=O) groups excluding carboxylic acids is 1. The third kappa shape index (κ3) is 4.58. The van der Waals surface area contributed by atoms with Crippen molar-refractivity contribution < 1.29 is 14.5 Å². The van der Waals surface area contributed by atoms with Crippen LogP contribution in [0.1, 0.15) is 5.56 Å². The van der Waals surface area contributed by atoms with Crippen LogP contribution < -0.4 is 10.1 Å². The number of carbonyl (C=O) groups is 1. The number of nitro groups is 1. The van der Waals surface area contributed by atoms with E-state index in [4.69, 9.17) is 27.9 Å². The highest BCUT2D eigenvalue weighted by molar-refractivity contribution is 6.35. The van der Waals surface area contributed by atoms with Gasteiger partial charge < -0.3 is 10.1 Å². The highest BCUT2D eigenvalue weighted by Gasteiger charge is 2.12. The summed E-state index contributed by atoms with van der Waals surface area (Å²) in [5.74, 6) is -0.0961. The van der Waals surface area contributed by atoms with Gasteiger partial charge in [0.15, 0.2) is 6.61 Å². The van der Waals surface area contributed by atoms with Crippen LogP contribution in [-0.2, 0) is 4.79 Å². The maximum atomic E-state index is 11.9. The minimum absolute atomic E-state index is 0.111. The molecule has 8 heteroatoms. The van der Waals surface area contributed by atoms with E-state index in [1.165, 1.54) is 24.3 Å². The molecule has 0 aromatic heterocycles. The zero-order valence-corrected chi connectivity index (χ0v) is 13.5. The van der Waals surface area contributed by atoms with Gasteiger partial charge in [0.05, 0.1) is 9.95 Å². The van der Waals surface area contributed by atoms with Crippen LogP contribution in [-0.4, -0.2) is 17.4 Å². The van der Waals surface area contributed by atoms with E-state index in [-0.39, 0.29) is 12.3 Å². The van der Waals surface area contributed by atoms with Crippen molar-refractivity contribution in [3.05, 3.63) is 62.1 Å². The summed E-state index contributed by atoms with van der Waals surface area (Å²) in [4.78, 5) is 22.0. The highest BCUT2D eigenvalue weighted by atomic mass is 35.5. The maximum absolute atomic E-state index is 11.9. The van der Waals surface area contributed by atoms with E-state index in [2.05, 4.69) is 5.32 Å². The number of ether oxygens (including phenoxy) is 1. The molecule has 6 nitrogen and oxygen atoms in total. The summed E-state index contributed by atoms with van der Waals surface area (Å²) in [5, 5.41) is 14.0. The summed E-state index contributed by atoms with van der Waals surface area (Å²) in [6, 6.07) is 8.81. The van der Waals surface area contributed by atoms with E-state index < -0.39 is 10.8 Å². The molecule has 0 aliphatic carbocycles. The molecule has 0 radical (unpaired) electrons. The van der Waals surface area contributed by atoms with Crippen molar-refractivity contribution in [1.82, 2.24) is 0 Å². The Bertz CT molecular complexity index is 742. The second-order valence-corrected chi connectivity index (χ2v) is 5.52. The molecule has 0 saturated heterocycles. The van der Waals surface area contributed by atoms with E-state index in [0.29, 0.717) is 27.0 Å². The number of anilines is 1. The Morgan fingerprint density at radius 1 is 1.30 bits per heavy atom. The molecule has 0 fully saturated rings. The van der Waals surface area contributed by atoms with Crippen LogP contribution in [0.3, 0.4) is 0 Å². The Balaban J connectivity index is 2.01. The molecule has 0 aliphatic rings. The molecule has 2 aromatic rings. The van der Waals surface area contributed by atoms with E-state index in [1.807, 2.05) is 0 Å². The SMILES string of the molecule is Cc1cc(Cl)cc(Cl)c1OCC(=O)Nc1cccc([N+](=O)[O-])c1. The van der Waals surface area contributed by atoms with E-state index >= 15 is 0 Å². The Morgan fingerprint density at radius 2 is 2.04 bits per heavy atom. The van der Waals surface area contributed by atoms with Gasteiger partial charge in [-0.15, -0.1) is 0 Å². The number of halogens is 2. The second-order valence-electron chi connectivity index (χ2n) is 4.68. The molecule has 0 bridgehead atoms. The third-order valence-electron chi connectivity index (χ3n) is 2.88.